The molecule has 0 aliphatic carbocycles. The molecule has 1 aliphatic rings. The Hall–Kier alpha value is -3.00. The van der Waals surface area contributed by atoms with Crippen LogP contribution in [-0.2, 0) is 6.54 Å². The molecular weight excluding hydrogens is 525 g/mol. The molecule has 0 amide bonds. The number of rotatable bonds is 7. The van der Waals surface area contributed by atoms with Crippen molar-refractivity contribution in [2.45, 2.75) is 13.0 Å². The van der Waals surface area contributed by atoms with Gasteiger partial charge in [-0.05, 0) is 29.8 Å². The molecule has 0 saturated carbocycles. The van der Waals surface area contributed by atoms with Crippen molar-refractivity contribution in [3.05, 3.63) is 35.9 Å². The number of guanidine groups is 1. The maximum Gasteiger partial charge on any atom is 0.203 e. The van der Waals surface area contributed by atoms with Crippen molar-refractivity contribution in [2.24, 2.45) is 4.99 Å². The Morgan fingerprint density at radius 3 is 2.34 bits per heavy atom. The molecule has 2 aromatic rings. The molecule has 0 saturated heterocycles. The van der Waals surface area contributed by atoms with Crippen LogP contribution in [0.3, 0.4) is 0 Å². The molecule has 0 radical (unpaired) electrons. The quantitative estimate of drug-likeness (QED) is 0.234. The molecule has 0 atom stereocenters. The maximum absolute atomic E-state index is 5.76. The summed E-state index contributed by atoms with van der Waals surface area (Å²) in [5.74, 6) is 6.19. The van der Waals surface area contributed by atoms with Crippen LogP contribution in [0.25, 0.3) is 0 Å². The minimum absolute atomic E-state index is 0. The summed E-state index contributed by atoms with van der Waals surface area (Å²) < 4.78 is 27.6. The second-order valence-corrected chi connectivity index (χ2v) is 6.59. The van der Waals surface area contributed by atoms with E-state index in [-0.39, 0.29) is 24.0 Å². The number of ether oxygens (including phenoxy) is 5. The Balaban J connectivity index is 0.00000363. The summed E-state index contributed by atoms with van der Waals surface area (Å²) in [5.41, 5.74) is 1.69. The zero-order chi connectivity index (χ0) is 22.1. The molecule has 0 fully saturated rings. The van der Waals surface area contributed by atoms with Crippen LogP contribution < -0.4 is 34.3 Å². The Morgan fingerprint density at radius 1 is 1.03 bits per heavy atom. The second-order valence-electron chi connectivity index (χ2n) is 6.59. The van der Waals surface area contributed by atoms with Crippen LogP contribution in [-0.4, -0.2) is 47.0 Å². The van der Waals surface area contributed by atoms with Gasteiger partial charge in [0.1, 0.15) is 0 Å². The Morgan fingerprint density at radius 2 is 1.72 bits per heavy atom. The number of aliphatic imine (C=N–C) groups is 1. The van der Waals surface area contributed by atoms with Crippen LogP contribution in [0.2, 0.25) is 0 Å². The number of terminal acetylenes is 1. The fraction of sp³-hybridized carbons (Fsp3) is 0.348. The number of nitrogens with zero attached hydrogens (tertiary/aromatic N) is 1. The average Bonchev–Trinajstić information content (AvgIpc) is 3.05. The normalized spacial score (nSPS) is 12.5. The molecule has 0 aromatic heterocycles. The first-order chi connectivity index (χ1) is 15.2. The molecule has 3 rings (SSSR count). The van der Waals surface area contributed by atoms with E-state index in [1.54, 1.807) is 21.3 Å². The van der Waals surface area contributed by atoms with Gasteiger partial charge in [-0.1, -0.05) is 5.92 Å². The van der Waals surface area contributed by atoms with Crippen molar-refractivity contribution in [2.75, 3.05) is 46.4 Å². The van der Waals surface area contributed by atoms with Gasteiger partial charge in [0.05, 0.1) is 47.6 Å². The van der Waals surface area contributed by atoms with Gasteiger partial charge in [0.2, 0.25) is 5.75 Å². The smallest absolute Gasteiger partial charge is 0.203 e. The zero-order valence-corrected chi connectivity index (χ0v) is 20.7. The van der Waals surface area contributed by atoms with E-state index < -0.39 is 0 Å². The molecule has 2 N–H and O–H groups in total. The van der Waals surface area contributed by atoms with Crippen molar-refractivity contribution in [3.8, 4) is 41.1 Å². The highest BCUT2D eigenvalue weighted by atomic mass is 127. The predicted molar refractivity (Wildman–Crippen MR) is 135 cm³/mol. The number of nitrogens with one attached hydrogen (secondary N) is 2. The predicted octanol–water partition coefficient (Wildman–Crippen LogP) is 3.68. The van der Waals surface area contributed by atoms with Crippen molar-refractivity contribution >= 4 is 35.6 Å². The lowest BCUT2D eigenvalue weighted by atomic mass is 10.2. The molecule has 0 spiro atoms. The van der Waals surface area contributed by atoms with E-state index in [4.69, 9.17) is 30.1 Å². The third kappa shape index (κ3) is 6.50. The van der Waals surface area contributed by atoms with Gasteiger partial charge >= 0.3 is 0 Å². The summed E-state index contributed by atoms with van der Waals surface area (Å²) in [4.78, 5) is 4.64. The van der Waals surface area contributed by atoms with E-state index >= 15 is 0 Å². The molecular formula is C23H28IN3O5. The lowest BCUT2D eigenvalue weighted by molar-refractivity contribution is 0.297. The van der Waals surface area contributed by atoms with E-state index in [9.17, 15) is 0 Å². The topological polar surface area (TPSA) is 82.6 Å². The number of benzene rings is 2. The van der Waals surface area contributed by atoms with Gasteiger partial charge in [0, 0.05) is 18.2 Å². The average molecular weight is 553 g/mol. The fourth-order valence-corrected chi connectivity index (χ4v) is 3.05. The van der Waals surface area contributed by atoms with Gasteiger partial charge in [0.25, 0.3) is 0 Å². The molecule has 0 bridgehead atoms. The van der Waals surface area contributed by atoms with E-state index in [2.05, 4.69) is 21.5 Å². The molecule has 172 valence electrons. The summed E-state index contributed by atoms with van der Waals surface area (Å²) in [6.45, 7) is 1.95. The molecule has 8 nitrogen and oxygen atoms in total. The lowest BCUT2D eigenvalue weighted by Gasteiger charge is -2.15. The number of hydrogen-bond acceptors (Lipinski definition) is 6. The first kappa shape index (κ1) is 25.3. The van der Waals surface area contributed by atoms with Crippen LogP contribution in [0.15, 0.2) is 35.3 Å². The SMILES string of the molecule is C#CCNC(=NCc1cc(OC)c(OC)c(OC)c1)Nc1ccc2c(c1)OCCCO2.I. The molecule has 0 unspecified atom stereocenters. The van der Waals surface area contributed by atoms with Gasteiger partial charge in [0.15, 0.2) is 29.0 Å². The Labute approximate surface area is 205 Å². The number of methoxy groups -OCH3 is 3. The number of halogens is 1. The molecule has 1 aliphatic heterocycles. The summed E-state index contributed by atoms with van der Waals surface area (Å²) in [6.07, 6.45) is 6.26. The van der Waals surface area contributed by atoms with Crippen molar-refractivity contribution in [3.63, 3.8) is 0 Å². The van der Waals surface area contributed by atoms with Crippen molar-refractivity contribution in [1.29, 1.82) is 0 Å². The van der Waals surface area contributed by atoms with Crippen LogP contribution in [0, 0.1) is 12.3 Å². The highest BCUT2D eigenvalue weighted by Crippen LogP contribution is 2.38. The van der Waals surface area contributed by atoms with Gasteiger partial charge < -0.3 is 34.3 Å². The molecule has 1 heterocycles. The molecule has 9 heteroatoms. The van der Waals surface area contributed by atoms with Crippen LogP contribution in [0.5, 0.6) is 28.7 Å². The van der Waals surface area contributed by atoms with Gasteiger partial charge in [-0.3, -0.25) is 0 Å². The minimum atomic E-state index is 0. The van der Waals surface area contributed by atoms with E-state index in [0.717, 1.165) is 23.4 Å². The number of fused-ring (bicyclic) bond motifs is 1. The number of hydrogen-bond donors (Lipinski definition) is 2. The van der Waals surface area contributed by atoms with Gasteiger partial charge in [-0.15, -0.1) is 30.4 Å². The lowest BCUT2D eigenvalue weighted by Crippen LogP contribution is -2.31. The summed E-state index contributed by atoms with van der Waals surface area (Å²) in [7, 11) is 4.73. The first-order valence-electron chi connectivity index (χ1n) is 9.85. The van der Waals surface area contributed by atoms with Crippen LogP contribution in [0.4, 0.5) is 5.69 Å². The third-order valence-electron chi connectivity index (χ3n) is 4.51. The minimum Gasteiger partial charge on any atom is -0.493 e. The Kier molecular flexibility index (Phi) is 10.1. The summed E-state index contributed by atoms with van der Waals surface area (Å²) >= 11 is 0. The van der Waals surface area contributed by atoms with Crippen LogP contribution in [0.1, 0.15) is 12.0 Å². The standard InChI is InChI=1S/C23H27N3O5.HI/c1-5-9-24-23(26-17-7-8-18-19(14-17)31-11-6-10-30-18)25-15-16-12-20(27-2)22(29-4)21(13-16)28-3;/h1,7-8,12-14H,6,9-11,15H2,2-4H3,(H2,24,25,26);1H. The third-order valence-corrected chi connectivity index (χ3v) is 4.51. The van der Waals surface area contributed by atoms with Crippen molar-refractivity contribution < 1.29 is 23.7 Å². The monoisotopic (exact) mass is 553 g/mol. The summed E-state index contributed by atoms with van der Waals surface area (Å²) in [5, 5.41) is 6.36. The largest absolute Gasteiger partial charge is 0.493 e. The van der Waals surface area contributed by atoms with Crippen LogP contribution >= 0.6 is 24.0 Å². The highest BCUT2D eigenvalue weighted by molar-refractivity contribution is 14.0. The number of anilines is 1. The molecule has 2 aromatic carbocycles. The fourth-order valence-electron chi connectivity index (χ4n) is 3.05. The van der Waals surface area contributed by atoms with E-state index in [1.807, 2.05) is 30.3 Å². The summed E-state index contributed by atoms with van der Waals surface area (Å²) in [6, 6.07) is 9.38. The van der Waals surface area contributed by atoms with E-state index in [0.29, 0.717) is 55.3 Å². The van der Waals surface area contributed by atoms with E-state index in [1.165, 1.54) is 0 Å². The maximum atomic E-state index is 5.76. The van der Waals surface area contributed by atoms with Gasteiger partial charge in [-0.25, -0.2) is 4.99 Å². The first-order valence-corrected chi connectivity index (χ1v) is 9.85. The second kappa shape index (κ2) is 12.8. The highest BCUT2D eigenvalue weighted by Gasteiger charge is 2.14. The molecule has 32 heavy (non-hydrogen) atoms. The zero-order valence-electron chi connectivity index (χ0n) is 18.4. The van der Waals surface area contributed by atoms with Crippen molar-refractivity contribution in [1.82, 2.24) is 5.32 Å². The van der Waals surface area contributed by atoms with Gasteiger partial charge in [-0.2, -0.15) is 0 Å². The Bertz CT molecular complexity index is 950.